The average Bonchev–Trinajstić information content (AvgIpc) is 3.53. The van der Waals surface area contributed by atoms with Crippen LogP contribution in [0.25, 0.3) is 16.3 Å². The van der Waals surface area contributed by atoms with E-state index in [0.29, 0.717) is 5.92 Å². The number of benzene rings is 3. The van der Waals surface area contributed by atoms with Gasteiger partial charge in [0.15, 0.2) is 0 Å². The number of hydrogen-bond acceptors (Lipinski definition) is 4. The minimum atomic E-state index is 0.453. The van der Waals surface area contributed by atoms with Crippen LogP contribution >= 0.6 is 23.4 Å². The number of nitrogens with zero attached hydrogens (tertiary/aromatic N) is 2. The van der Waals surface area contributed by atoms with Gasteiger partial charge in [-0.15, -0.1) is 11.8 Å². The Kier molecular flexibility index (Phi) is 7.18. The number of morpholine rings is 1. The van der Waals surface area contributed by atoms with Crippen LogP contribution in [0, 0.1) is 0 Å². The first-order valence-electron chi connectivity index (χ1n) is 12.9. The highest BCUT2D eigenvalue weighted by Gasteiger charge is 2.25. The fourth-order valence-electron chi connectivity index (χ4n) is 5.69. The standard InChI is InChI=1S/C28H26ClNO.C3H5NS/c29-23-6-1-19(2-7-23)20-3-9-25-21(17-20)4-10-28-26-12-8-24(30-13-15-31-16-14-30)18-22(26)5-11-27(25)28;1-2-5-3-4-1/h1-3,5-9,11-12,18,20H,4,10,13-17H2;3H,1-2H2. The van der Waals surface area contributed by atoms with Crippen molar-refractivity contribution >= 4 is 50.9 Å². The topological polar surface area (TPSA) is 24.8 Å². The Hall–Kier alpha value is -2.53. The molecule has 1 atom stereocenters. The first-order valence-corrected chi connectivity index (χ1v) is 14.3. The zero-order chi connectivity index (χ0) is 24.3. The highest BCUT2D eigenvalue weighted by molar-refractivity contribution is 8.12. The quantitative estimate of drug-likeness (QED) is 0.353. The molecule has 3 aromatic carbocycles. The van der Waals surface area contributed by atoms with E-state index in [9.17, 15) is 0 Å². The van der Waals surface area contributed by atoms with E-state index in [0.717, 1.165) is 57.1 Å². The Labute approximate surface area is 222 Å². The number of ether oxygens (including phenoxy) is 1. The molecule has 184 valence electrons. The van der Waals surface area contributed by atoms with Gasteiger partial charge in [0.05, 0.1) is 18.8 Å². The first-order chi connectivity index (χ1) is 17.8. The molecule has 0 spiro atoms. The van der Waals surface area contributed by atoms with E-state index in [2.05, 4.69) is 64.5 Å². The second-order valence-corrected chi connectivity index (χ2v) is 11.1. The minimum absolute atomic E-state index is 0.453. The molecule has 1 saturated heterocycles. The van der Waals surface area contributed by atoms with Crippen molar-refractivity contribution in [2.24, 2.45) is 4.99 Å². The molecular weight excluding hydrogens is 484 g/mol. The van der Waals surface area contributed by atoms with Crippen molar-refractivity contribution in [3.63, 3.8) is 0 Å². The Balaban J connectivity index is 0.000000431. The zero-order valence-electron chi connectivity index (χ0n) is 20.5. The van der Waals surface area contributed by atoms with Gasteiger partial charge >= 0.3 is 0 Å². The fraction of sp³-hybridized carbons (Fsp3) is 0.323. The molecule has 3 aromatic rings. The molecular formula is C31H31ClN2OS. The van der Waals surface area contributed by atoms with Crippen LogP contribution in [0.5, 0.6) is 0 Å². The maximum absolute atomic E-state index is 6.08. The number of fused-ring (bicyclic) bond motifs is 4. The Morgan fingerprint density at radius 3 is 2.58 bits per heavy atom. The Morgan fingerprint density at radius 1 is 0.972 bits per heavy atom. The van der Waals surface area contributed by atoms with Crippen LogP contribution in [-0.4, -0.2) is 44.1 Å². The minimum Gasteiger partial charge on any atom is -0.378 e. The molecule has 36 heavy (non-hydrogen) atoms. The van der Waals surface area contributed by atoms with Crippen LogP contribution in [0.15, 0.2) is 77.3 Å². The second kappa shape index (κ2) is 10.8. The predicted octanol–water partition coefficient (Wildman–Crippen LogP) is 7.53. The van der Waals surface area contributed by atoms with E-state index in [1.807, 2.05) is 17.7 Å². The molecule has 2 aliphatic carbocycles. The molecule has 0 saturated carbocycles. The SMILES string of the molecule is C1=NCCS1.Clc1ccc(C2C=CC3=C(CCc4c3ccc3cc(N5CCOCC5)ccc43)C2)cc1. The second-order valence-electron chi connectivity index (χ2n) is 9.72. The van der Waals surface area contributed by atoms with Crippen molar-refractivity contribution in [1.29, 1.82) is 0 Å². The average molecular weight is 515 g/mol. The highest BCUT2D eigenvalue weighted by Crippen LogP contribution is 2.43. The van der Waals surface area contributed by atoms with Gasteiger partial charge in [0, 0.05) is 42.0 Å². The van der Waals surface area contributed by atoms with Crippen molar-refractivity contribution < 1.29 is 4.74 Å². The Bertz CT molecular complexity index is 1330. The molecule has 5 heteroatoms. The molecule has 2 heterocycles. The van der Waals surface area contributed by atoms with Gasteiger partial charge < -0.3 is 9.64 Å². The van der Waals surface area contributed by atoms with E-state index >= 15 is 0 Å². The summed E-state index contributed by atoms with van der Waals surface area (Å²) in [5.74, 6) is 1.65. The van der Waals surface area contributed by atoms with Gasteiger partial charge in [-0.2, -0.15) is 0 Å². The largest absolute Gasteiger partial charge is 0.378 e. The maximum Gasteiger partial charge on any atom is 0.0642 e. The fourth-order valence-corrected chi connectivity index (χ4v) is 6.34. The molecule has 0 N–H and O–H groups in total. The van der Waals surface area contributed by atoms with Crippen LogP contribution in [-0.2, 0) is 11.2 Å². The lowest BCUT2D eigenvalue weighted by molar-refractivity contribution is 0.122. The molecule has 4 aliphatic rings. The summed E-state index contributed by atoms with van der Waals surface area (Å²) in [6, 6.07) is 20.0. The summed E-state index contributed by atoms with van der Waals surface area (Å²) < 4.78 is 5.52. The van der Waals surface area contributed by atoms with E-state index in [-0.39, 0.29) is 0 Å². The number of rotatable bonds is 2. The van der Waals surface area contributed by atoms with E-state index in [1.54, 1.807) is 17.3 Å². The van der Waals surface area contributed by atoms with Crippen molar-refractivity contribution in [3.05, 3.63) is 94.0 Å². The number of thioether (sulfide) groups is 1. The molecule has 0 aromatic heterocycles. The molecule has 3 nitrogen and oxygen atoms in total. The number of hydrogen-bond donors (Lipinski definition) is 0. The summed E-state index contributed by atoms with van der Waals surface area (Å²) in [5, 5.41) is 3.57. The molecule has 1 unspecified atom stereocenters. The smallest absolute Gasteiger partial charge is 0.0642 e. The van der Waals surface area contributed by atoms with Crippen molar-refractivity contribution in [1.82, 2.24) is 0 Å². The van der Waals surface area contributed by atoms with Gasteiger partial charge in [0.1, 0.15) is 0 Å². The van der Waals surface area contributed by atoms with Crippen LogP contribution in [0.2, 0.25) is 5.02 Å². The summed E-state index contributed by atoms with van der Waals surface area (Å²) in [4.78, 5) is 6.36. The van der Waals surface area contributed by atoms with Crippen molar-refractivity contribution in [2.45, 2.75) is 25.2 Å². The molecule has 0 radical (unpaired) electrons. The van der Waals surface area contributed by atoms with Crippen LogP contribution in [0.3, 0.4) is 0 Å². The van der Waals surface area contributed by atoms with Crippen molar-refractivity contribution in [2.75, 3.05) is 43.5 Å². The van der Waals surface area contributed by atoms with Crippen LogP contribution in [0.4, 0.5) is 5.69 Å². The van der Waals surface area contributed by atoms with Crippen LogP contribution in [0.1, 0.15) is 35.4 Å². The number of aryl methyl sites for hydroxylation is 1. The third-order valence-electron chi connectivity index (χ3n) is 7.59. The number of allylic oxidation sites excluding steroid dienone is 4. The lowest BCUT2D eigenvalue weighted by atomic mass is 9.76. The van der Waals surface area contributed by atoms with Gasteiger partial charge in [0.25, 0.3) is 0 Å². The maximum atomic E-state index is 6.08. The molecule has 0 amide bonds. The summed E-state index contributed by atoms with van der Waals surface area (Å²) in [6.45, 7) is 4.63. The van der Waals surface area contributed by atoms with Gasteiger partial charge in [-0.1, -0.05) is 59.7 Å². The first kappa shape index (κ1) is 23.8. The zero-order valence-corrected chi connectivity index (χ0v) is 22.0. The summed E-state index contributed by atoms with van der Waals surface area (Å²) >= 11 is 7.87. The highest BCUT2D eigenvalue weighted by atomic mass is 35.5. The summed E-state index contributed by atoms with van der Waals surface area (Å²) in [6.07, 6.45) is 8.14. The van der Waals surface area contributed by atoms with Gasteiger partial charge in [-0.3, -0.25) is 4.99 Å². The molecule has 7 rings (SSSR count). The van der Waals surface area contributed by atoms with E-state index in [1.165, 1.54) is 44.5 Å². The lowest BCUT2D eigenvalue weighted by Crippen LogP contribution is -2.36. The van der Waals surface area contributed by atoms with Gasteiger partial charge in [-0.05, 0) is 76.6 Å². The third kappa shape index (κ3) is 5.00. The van der Waals surface area contributed by atoms with E-state index < -0.39 is 0 Å². The third-order valence-corrected chi connectivity index (χ3v) is 8.55. The monoisotopic (exact) mass is 514 g/mol. The normalized spacial score (nSPS) is 20.7. The number of anilines is 1. The van der Waals surface area contributed by atoms with Crippen LogP contribution < -0.4 is 4.90 Å². The number of aliphatic imine (C=N–C) groups is 1. The van der Waals surface area contributed by atoms with Gasteiger partial charge in [-0.25, -0.2) is 0 Å². The lowest BCUT2D eigenvalue weighted by Gasteiger charge is -2.30. The molecule has 1 fully saturated rings. The van der Waals surface area contributed by atoms with Gasteiger partial charge in [0.2, 0.25) is 0 Å². The van der Waals surface area contributed by atoms with Crippen molar-refractivity contribution in [3.8, 4) is 0 Å². The summed E-state index contributed by atoms with van der Waals surface area (Å²) in [5.41, 5.74) is 10.6. The Morgan fingerprint density at radius 2 is 1.83 bits per heavy atom. The number of halogens is 1. The summed E-state index contributed by atoms with van der Waals surface area (Å²) in [7, 11) is 0. The molecule has 0 bridgehead atoms. The predicted molar refractivity (Wildman–Crippen MR) is 156 cm³/mol. The molecule has 2 aliphatic heterocycles. The van der Waals surface area contributed by atoms with E-state index in [4.69, 9.17) is 16.3 Å².